The molecule has 1 N–H and O–H groups in total. The molecule has 0 amide bonds. The summed E-state index contributed by atoms with van der Waals surface area (Å²) in [6.07, 6.45) is 11.2. The van der Waals surface area contributed by atoms with Crippen LogP contribution < -0.4 is 5.32 Å². The SMILES string of the molecule is C1=C2CCCN[C@@H]2[C@H]2C[C@@H]1[C@@H]1CCCCN1C2. The molecule has 2 heteroatoms. The van der Waals surface area contributed by atoms with Gasteiger partial charge >= 0.3 is 0 Å². The van der Waals surface area contributed by atoms with E-state index in [1.54, 1.807) is 5.57 Å². The van der Waals surface area contributed by atoms with Crippen LogP contribution in [-0.2, 0) is 0 Å². The summed E-state index contributed by atoms with van der Waals surface area (Å²) >= 11 is 0. The Bertz CT molecular complexity index is 336. The molecule has 3 fully saturated rings. The zero-order valence-electron chi connectivity index (χ0n) is 10.7. The zero-order chi connectivity index (χ0) is 11.2. The Morgan fingerprint density at radius 3 is 3.24 bits per heavy atom. The third kappa shape index (κ3) is 1.68. The first-order chi connectivity index (χ1) is 8.42. The number of hydrogen-bond donors (Lipinski definition) is 1. The Labute approximate surface area is 104 Å². The smallest absolute Gasteiger partial charge is 0.0320 e. The first-order valence-electron chi connectivity index (χ1n) is 7.60. The predicted molar refractivity (Wildman–Crippen MR) is 69.9 cm³/mol. The van der Waals surface area contributed by atoms with Gasteiger partial charge in [0.25, 0.3) is 0 Å². The van der Waals surface area contributed by atoms with Crippen LogP contribution in [0.15, 0.2) is 11.6 Å². The molecular weight excluding hydrogens is 208 g/mol. The fourth-order valence-corrected chi connectivity index (χ4v) is 4.80. The highest BCUT2D eigenvalue weighted by atomic mass is 15.2. The molecule has 0 radical (unpaired) electrons. The van der Waals surface area contributed by atoms with Crippen LogP contribution in [0, 0.1) is 11.8 Å². The first kappa shape index (κ1) is 10.6. The van der Waals surface area contributed by atoms with E-state index in [1.807, 2.05) is 0 Å². The Balaban J connectivity index is 1.64. The first-order valence-corrected chi connectivity index (χ1v) is 7.60. The Hall–Kier alpha value is -0.340. The van der Waals surface area contributed by atoms with Gasteiger partial charge in [-0.3, -0.25) is 4.90 Å². The largest absolute Gasteiger partial charge is 0.310 e. The van der Waals surface area contributed by atoms with Crippen LogP contribution in [0.5, 0.6) is 0 Å². The summed E-state index contributed by atoms with van der Waals surface area (Å²) in [5.74, 6) is 1.80. The highest BCUT2D eigenvalue weighted by Gasteiger charge is 2.43. The van der Waals surface area contributed by atoms with Gasteiger partial charge < -0.3 is 5.32 Å². The lowest BCUT2D eigenvalue weighted by molar-refractivity contribution is 0.0271. The molecule has 0 spiro atoms. The van der Waals surface area contributed by atoms with E-state index in [0.717, 1.165) is 23.9 Å². The molecule has 0 aromatic carbocycles. The molecule has 2 bridgehead atoms. The quantitative estimate of drug-likeness (QED) is 0.644. The Morgan fingerprint density at radius 1 is 1.24 bits per heavy atom. The maximum Gasteiger partial charge on any atom is 0.0320 e. The number of piperidine rings is 3. The van der Waals surface area contributed by atoms with Crippen LogP contribution >= 0.6 is 0 Å². The van der Waals surface area contributed by atoms with Gasteiger partial charge in [-0.05, 0) is 57.0 Å². The molecular formula is C15H24N2. The number of nitrogens with zero attached hydrogens (tertiary/aromatic N) is 1. The molecule has 94 valence electrons. The van der Waals surface area contributed by atoms with Crippen molar-refractivity contribution in [2.45, 2.75) is 50.6 Å². The standard InChI is InChI=1S/C15H24N2/c1-2-7-17-10-13-9-12(14(17)5-1)8-11-4-3-6-16-15(11)13/h8,12-16H,1-7,9-10H2/t12-,13+,14+,15+/m1/s1. The molecule has 3 aliphatic heterocycles. The monoisotopic (exact) mass is 232 g/mol. The van der Waals surface area contributed by atoms with E-state index in [2.05, 4.69) is 16.3 Å². The van der Waals surface area contributed by atoms with E-state index in [-0.39, 0.29) is 0 Å². The van der Waals surface area contributed by atoms with Crippen molar-refractivity contribution in [3.05, 3.63) is 11.6 Å². The Kier molecular flexibility index (Phi) is 2.55. The lowest BCUT2D eigenvalue weighted by Crippen LogP contribution is -2.58. The summed E-state index contributed by atoms with van der Waals surface area (Å²) in [7, 11) is 0. The van der Waals surface area contributed by atoms with Gasteiger partial charge in [-0.1, -0.05) is 18.1 Å². The topological polar surface area (TPSA) is 15.3 Å². The van der Waals surface area contributed by atoms with E-state index in [1.165, 1.54) is 58.2 Å². The minimum Gasteiger partial charge on any atom is -0.310 e. The van der Waals surface area contributed by atoms with Crippen molar-refractivity contribution < 1.29 is 0 Å². The van der Waals surface area contributed by atoms with Gasteiger partial charge in [0.05, 0.1) is 0 Å². The second kappa shape index (κ2) is 4.10. The number of hydrogen-bond acceptors (Lipinski definition) is 2. The highest BCUT2D eigenvalue weighted by molar-refractivity contribution is 5.23. The predicted octanol–water partition coefficient (Wildman–Crippen LogP) is 2.17. The van der Waals surface area contributed by atoms with Crippen molar-refractivity contribution in [3.63, 3.8) is 0 Å². The minimum atomic E-state index is 0.739. The Morgan fingerprint density at radius 2 is 2.24 bits per heavy atom. The van der Waals surface area contributed by atoms with E-state index in [4.69, 9.17) is 0 Å². The van der Waals surface area contributed by atoms with Gasteiger partial charge in [-0.25, -0.2) is 0 Å². The van der Waals surface area contributed by atoms with Crippen molar-refractivity contribution in [1.82, 2.24) is 10.2 Å². The van der Waals surface area contributed by atoms with Crippen LogP contribution in [0.25, 0.3) is 0 Å². The van der Waals surface area contributed by atoms with Crippen molar-refractivity contribution in [2.75, 3.05) is 19.6 Å². The van der Waals surface area contributed by atoms with Gasteiger partial charge in [0.2, 0.25) is 0 Å². The minimum absolute atomic E-state index is 0.739. The third-order valence-corrected chi connectivity index (χ3v) is 5.51. The molecule has 4 atom stereocenters. The maximum absolute atomic E-state index is 3.78. The average Bonchev–Trinajstić information content (AvgIpc) is 2.39. The molecule has 0 aromatic rings. The molecule has 2 nitrogen and oxygen atoms in total. The van der Waals surface area contributed by atoms with Crippen molar-refractivity contribution in [1.29, 1.82) is 0 Å². The van der Waals surface area contributed by atoms with Crippen LogP contribution in [-0.4, -0.2) is 36.6 Å². The molecule has 17 heavy (non-hydrogen) atoms. The summed E-state index contributed by atoms with van der Waals surface area (Å²) in [5, 5.41) is 3.78. The molecule has 4 aliphatic rings. The van der Waals surface area contributed by atoms with Gasteiger partial charge in [-0.2, -0.15) is 0 Å². The number of rotatable bonds is 0. The van der Waals surface area contributed by atoms with Crippen molar-refractivity contribution in [2.24, 2.45) is 11.8 Å². The fraction of sp³-hybridized carbons (Fsp3) is 0.867. The second-order valence-corrected chi connectivity index (χ2v) is 6.49. The molecule has 1 aliphatic carbocycles. The van der Waals surface area contributed by atoms with E-state index in [0.29, 0.717) is 0 Å². The third-order valence-electron chi connectivity index (χ3n) is 5.51. The van der Waals surface area contributed by atoms with Crippen LogP contribution in [0.2, 0.25) is 0 Å². The molecule has 3 heterocycles. The second-order valence-electron chi connectivity index (χ2n) is 6.49. The van der Waals surface area contributed by atoms with Crippen LogP contribution in [0.1, 0.15) is 38.5 Å². The lowest BCUT2D eigenvalue weighted by atomic mass is 9.68. The molecule has 4 rings (SSSR count). The summed E-state index contributed by atoms with van der Waals surface area (Å²) in [6.45, 7) is 3.98. The molecule has 0 unspecified atom stereocenters. The van der Waals surface area contributed by atoms with Crippen molar-refractivity contribution >= 4 is 0 Å². The summed E-state index contributed by atoms with van der Waals surface area (Å²) in [5.41, 5.74) is 1.77. The summed E-state index contributed by atoms with van der Waals surface area (Å²) in [6, 6.07) is 1.64. The number of fused-ring (bicyclic) bond motifs is 6. The van der Waals surface area contributed by atoms with Crippen LogP contribution in [0.3, 0.4) is 0 Å². The summed E-state index contributed by atoms with van der Waals surface area (Å²) < 4.78 is 0. The van der Waals surface area contributed by atoms with E-state index < -0.39 is 0 Å². The van der Waals surface area contributed by atoms with Gasteiger partial charge in [0.1, 0.15) is 0 Å². The van der Waals surface area contributed by atoms with Crippen LogP contribution in [0.4, 0.5) is 0 Å². The fourth-order valence-electron chi connectivity index (χ4n) is 4.80. The van der Waals surface area contributed by atoms with Crippen molar-refractivity contribution in [3.8, 4) is 0 Å². The van der Waals surface area contributed by atoms with E-state index >= 15 is 0 Å². The van der Waals surface area contributed by atoms with Gasteiger partial charge in [-0.15, -0.1) is 0 Å². The van der Waals surface area contributed by atoms with E-state index in [9.17, 15) is 0 Å². The molecule has 3 saturated heterocycles. The normalized spacial score (nSPS) is 45.8. The zero-order valence-corrected chi connectivity index (χ0v) is 10.7. The molecule has 0 saturated carbocycles. The highest BCUT2D eigenvalue weighted by Crippen LogP contribution is 2.42. The van der Waals surface area contributed by atoms with Gasteiger partial charge in [0, 0.05) is 18.6 Å². The molecule has 0 aromatic heterocycles. The average molecular weight is 232 g/mol. The van der Waals surface area contributed by atoms with Gasteiger partial charge in [0.15, 0.2) is 0 Å². The maximum atomic E-state index is 3.78. The summed E-state index contributed by atoms with van der Waals surface area (Å²) in [4.78, 5) is 2.81. The number of nitrogens with one attached hydrogen (secondary N) is 1. The lowest BCUT2D eigenvalue weighted by Gasteiger charge is -2.52.